The van der Waals surface area contributed by atoms with E-state index in [1.807, 2.05) is 0 Å². The van der Waals surface area contributed by atoms with Gasteiger partial charge in [-0.3, -0.25) is 19.6 Å². The molecule has 0 atom stereocenters. The lowest BCUT2D eigenvalue weighted by molar-refractivity contribution is 0.0581. The first-order valence-corrected chi connectivity index (χ1v) is 7.13. The van der Waals surface area contributed by atoms with E-state index >= 15 is 0 Å². The van der Waals surface area contributed by atoms with E-state index in [4.69, 9.17) is 0 Å². The van der Waals surface area contributed by atoms with Crippen molar-refractivity contribution in [2.24, 2.45) is 0 Å². The van der Waals surface area contributed by atoms with Gasteiger partial charge in [0, 0.05) is 39.3 Å². The Labute approximate surface area is 106 Å². The fourth-order valence-corrected chi connectivity index (χ4v) is 2.90. The van der Waals surface area contributed by atoms with E-state index in [1.165, 1.54) is 65.3 Å². The Bertz CT molecular complexity index is 221. The summed E-state index contributed by atoms with van der Waals surface area (Å²) in [7, 11) is 2.23. The normalized spacial score (nSPS) is 26.5. The minimum atomic E-state index is 1.16. The van der Waals surface area contributed by atoms with Crippen LogP contribution in [0.1, 0.15) is 19.8 Å². The molecule has 2 fully saturated rings. The van der Waals surface area contributed by atoms with Crippen molar-refractivity contribution in [1.82, 2.24) is 19.6 Å². The molecule has 0 aromatic heterocycles. The minimum Gasteiger partial charge on any atom is -0.293 e. The number of hydrogen-bond donors (Lipinski definition) is 0. The molecule has 0 unspecified atom stereocenters. The molecular weight excluding hydrogens is 212 g/mol. The summed E-state index contributed by atoms with van der Waals surface area (Å²) >= 11 is 0. The molecule has 0 aliphatic carbocycles. The Balaban J connectivity index is 1.66. The fraction of sp³-hybridized carbons (Fsp3) is 1.00. The molecule has 0 aromatic rings. The van der Waals surface area contributed by atoms with Crippen molar-refractivity contribution in [3.8, 4) is 0 Å². The highest BCUT2D eigenvalue weighted by molar-refractivity contribution is 4.71. The van der Waals surface area contributed by atoms with Crippen LogP contribution in [0.3, 0.4) is 0 Å². The predicted octanol–water partition coefficient (Wildman–Crippen LogP) is 0.567. The summed E-state index contributed by atoms with van der Waals surface area (Å²) in [6.45, 7) is 13.4. The Hall–Kier alpha value is -0.160. The zero-order valence-corrected chi connectivity index (χ0v) is 11.6. The molecule has 2 heterocycles. The molecule has 0 spiro atoms. The van der Waals surface area contributed by atoms with Crippen LogP contribution in [0.15, 0.2) is 0 Å². The minimum absolute atomic E-state index is 1.16. The average Bonchev–Trinajstić information content (AvgIpc) is 2.37. The van der Waals surface area contributed by atoms with E-state index in [9.17, 15) is 0 Å². The lowest BCUT2D eigenvalue weighted by Gasteiger charge is -2.38. The summed E-state index contributed by atoms with van der Waals surface area (Å²) in [5.41, 5.74) is 0. The molecule has 17 heavy (non-hydrogen) atoms. The van der Waals surface area contributed by atoms with E-state index in [0.29, 0.717) is 0 Å². The predicted molar refractivity (Wildman–Crippen MR) is 72.0 cm³/mol. The van der Waals surface area contributed by atoms with E-state index in [2.05, 4.69) is 33.6 Å². The van der Waals surface area contributed by atoms with Crippen LogP contribution in [0.5, 0.6) is 0 Å². The first-order valence-electron chi connectivity index (χ1n) is 7.13. The Kier molecular flexibility index (Phi) is 5.22. The molecule has 2 saturated heterocycles. The number of hydrogen-bond acceptors (Lipinski definition) is 4. The summed E-state index contributed by atoms with van der Waals surface area (Å²) in [6.07, 6.45) is 2.67. The van der Waals surface area contributed by atoms with Crippen molar-refractivity contribution in [1.29, 1.82) is 0 Å². The third-order valence-electron chi connectivity index (χ3n) is 3.98. The number of nitrogens with zero attached hydrogens (tertiary/aromatic N) is 4. The molecule has 0 saturated carbocycles. The molecule has 4 nitrogen and oxygen atoms in total. The van der Waals surface area contributed by atoms with E-state index in [1.54, 1.807) is 0 Å². The molecular formula is C13H28N4. The first kappa shape index (κ1) is 13.3. The number of rotatable bonds is 4. The average molecular weight is 240 g/mol. The SMILES string of the molecule is CCN1CCCN(CCN2CCCN(C)C2)C1. The summed E-state index contributed by atoms with van der Waals surface area (Å²) < 4.78 is 0. The second-order valence-electron chi connectivity index (χ2n) is 5.52. The standard InChI is InChI=1S/C13H28N4/c1-3-15-7-5-9-17(13-15)11-10-16-8-4-6-14(2)12-16/h3-13H2,1-2H3. The van der Waals surface area contributed by atoms with Gasteiger partial charge in [0.1, 0.15) is 0 Å². The molecule has 4 heteroatoms. The fourth-order valence-electron chi connectivity index (χ4n) is 2.90. The lowest BCUT2D eigenvalue weighted by Crippen LogP contribution is -2.49. The van der Waals surface area contributed by atoms with Crippen LogP contribution in [0, 0.1) is 0 Å². The van der Waals surface area contributed by atoms with Crippen molar-refractivity contribution in [3.63, 3.8) is 0 Å². The third-order valence-corrected chi connectivity index (χ3v) is 3.98. The van der Waals surface area contributed by atoms with Crippen LogP contribution < -0.4 is 0 Å². The highest BCUT2D eigenvalue weighted by atomic mass is 15.4. The second-order valence-corrected chi connectivity index (χ2v) is 5.52. The first-order chi connectivity index (χ1) is 8.28. The molecule has 2 aliphatic heterocycles. The third kappa shape index (κ3) is 4.21. The Morgan fingerprint density at radius 2 is 1.35 bits per heavy atom. The van der Waals surface area contributed by atoms with Gasteiger partial charge < -0.3 is 0 Å². The van der Waals surface area contributed by atoms with Crippen LogP contribution in [0.25, 0.3) is 0 Å². The maximum absolute atomic E-state index is 2.61. The van der Waals surface area contributed by atoms with Gasteiger partial charge >= 0.3 is 0 Å². The van der Waals surface area contributed by atoms with Gasteiger partial charge in [-0.15, -0.1) is 0 Å². The van der Waals surface area contributed by atoms with Gasteiger partial charge in [0.25, 0.3) is 0 Å². The van der Waals surface area contributed by atoms with Crippen LogP contribution in [-0.4, -0.2) is 85.8 Å². The van der Waals surface area contributed by atoms with Crippen LogP contribution >= 0.6 is 0 Å². The van der Waals surface area contributed by atoms with Gasteiger partial charge in [0.2, 0.25) is 0 Å². The lowest BCUT2D eigenvalue weighted by atomic mass is 10.2. The van der Waals surface area contributed by atoms with Gasteiger partial charge in [-0.1, -0.05) is 6.92 Å². The Morgan fingerprint density at radius 1 is 0.765 bits per heavy atom. The summed E-state index contributed by atoms with van der Waals surface area (Å²) in [6, 6.07) is 0. The highest BCUT2D eigenvalue weighted by Crippen LogP contribution is 2.07. The van der Waals surface area contributed by atoms with Crippen molar-refractivity contribution in [3.05, 3.63) is 0 Å². The zero-order chi connectivity index (χ0) is 12.1. The van der Waals surface area contributed by atoms with E-state index in [-0.39, 0.29) is 0 Å². The molecule has 2 rings (SSSR count). The molecule has 0 bridgehead atoms. The summed E-state index contributed by atoms with van der Waals surface area (Å²) in [4.78, 5) is 10.2. The quantitative estimate of drug-likeness (QED) is 0.712. The van der Waals surface area contributed by atoms with Crippen LogP contribution in [-0.2, 0) is 0 Å². The maximum atomic E-state index is 2.61. The molecule has 0 amide bonds. The van der Waals surface area contributed by atoms with Crippen molar-refractivity contribution >= 4 is 0 Å². The van der Waals surface area contributed by atoms with Crippen molar-refractivity contribution in [2.75, 3.05) is 66.2 Å². The van der Waals surface area contributed by atoms with Gasteiger partial charge in [-0.25, -0.2) is 0 Å². The van der Waals surface area contributed by atoms with Gasteiger partial charge in [-0.2, -0.15) is 0 Å². The van der Waals surface area contributed by atoms with E-state index in [0.717, 1.165) is 6.67 Å². The van der Waals surface area contributed by atoms with Crippen molar-refractivity contribution < 1.29 is 0 Å². The van der Waals surface area contributed by atoms with Crippen LogP contribution in [0.2, 0.25) is 0 Å². The summed E-state index contributed by atoms with van der Waals surface area (Å²) in [5.74, 6) is 0. The van der Waals surface area contributed by atoms with Gasteiger partial charge in [0.15, 0.2) is 0 Å². The molecule has 0 radical (unpaired) electrons. The van der Waals surface area contributed by atoms with E-state index < -0.39 is 0 Å². The molecule has 0 aromatic carbocycles. The topological polar surface area (TPSA) is 13.0 Å². The smallest absolute Gasteiger partial charge is 0.0506 e. The maximum Gasteiger partial charge on any atom is 0.0506 e. The van der Waals surface area contributed by atoms with Gasteiger partial charge in [0.05, 0.1) is 13.3 Å². The largest absolute Gasteiger partial charge is 0.293 e. The van der Waals surface area contributed by atoms with Crippen molar-refractivity contribution in [2.45, 2.75) is 19.8 Å². The monoisotopic (exact) mass is 240 g/mol. The van der Waals surface area contributed by atoms with Crippen LogP contribution in [0.4, 0.5) is 0 Å². The molecule has 100 valence electrons. The molecule has 2 aliphatic rings. The Morgan fingerprint density at radius 3 is 2.00 bits per heavy atom. The summed E-state index contributed by atoms with van der Waals surface area (Å²) in [5, 5.41) is 0. The van der Waals surface area contributed by atoms with Gasteiger partial charge in [-0.05, 0) is 26.4 Å². The zero-order valence-electron chi connectivity index (χ0n) is 11.6. The second kappa shape index (κ2) is 6.69. The highest BCUT2D eigenvalue weighted by Gasteiger charge is 2.18. The molecule has 0 N–H and O–H groups in total.